The summed E-state index contributed by atoms with van der Waals surface area (Å²) in [4.78, 5) is 0. The maximum atomic E-state index is 8.94. The molecule has 2 nitrogen and oxygen atoms in total. The average molecular weight is 171 g/mol. The van der Waals surface area contributed by atoms with Crippen molar-refractivity contribution in [1.82, 2.24) is 0 Å². The van der Waals surface area contributed by atoms with E-state index in [9.17, 15) is 0 Å². The van der Waals surface area contributed by atoms with Crippen LogP contribution in [0.2, 0.25) is 0 Å². The second kappa shape index (κ2) is 3.35. The molecule has 1 atom stereocenters. The van der Waals surface area contributed by atoms with Gasteiger partial charge in [0.05, 0.1) is 0 Å². The van der Waals surface area contributed by atoms with E-state index in [1.807, 2.05) is 0 Å². The van der Waals surface area contributed by atoms with Crippen molar-refractivity contribution in [1.29, 1.82) is 0 Å². The number of rotatable bonds is 2. The molecule has 1 saturated carbocycles. The van der Waals surface area contributed by atoms with E-state index in [4.69, 9.17) is 10.8 Å². The molecular weight excluding hydrogens is 150 g/mol. The average Bonchev–Trinajstić information content (AvgIpc) is 1.96. The predicted molar refractivity (Wildman–Crippen MR) is 50.9 cm³/mol. The lowest BCUT2D eigenvalue weighted by atomic mass is 9.62. The first-order valence-corrected chi connectivity index (χ1v) is 4.92. The van der Waals surface area contributed by atoms with Gasteiger partial charge in [0.15, 0.2) is 0 Å². The molecule has 0 heterocycles. The van der Waals surface area contributed by atoms with Crippen LogP contribution in [0.3, 0.4) is 0 Å². The van der Waals surface area contributed by atoms with Gasteiger partial charge < -0.3 is 10.8 Å². The van der Waals surface area contributed by atoms with Crippen LogP contribution in [0.25, 0.3) is 0 Å². The summed E-state index contributed by atoms with van der Waals surface area (Å²) in [6.45, 7) is 4.67. The molecule has 0 aromatic rings. The zero-order chi connectivity index (χ0) is 9.24. The summed E-state index contributed by atoms with van der Waals surface area (Å²) in [5.41, 5.74) is 6.36. The highest BCUT2D eigenvalue weighted by molar-refractivity contribution is 4.99. The molecule has 0 spiro atoms. The Balaban J connectivity index is 2.69. The highest BCUT2D eigenvalue weighted by Gasteiger charge is 2.42. The van der Waals surface area contributed by atoms with Crippen LogP contribution in [0.4, 0.5) is 0 Å². The van der Waals surface area contributed by atoms with E-state index in [0.29, 0.717) is 0 Å². The normalized spacial score (nSPS) is 35.0. The number of aliphatic hydroxyl groups is 1. The Labute approximate surface area is 75.2 Å². The Morgan fingerprint density at radius 1 is 1.25 bits per heavy atom. The van der Waals surface area contributed by atoms with Crippen LogP contribution in [0.1, 0.15) is 46.0 Å². The van der Waals surface area contributed by atoms with Crippen molar-refractivity contribution in [3.63, 3.8) is 0 Å². The Hall–Kier alpha value is -0.0800. The van der Waals surface area contributed by atoms with Crippen molar-refractivity contribution in [3.8, 4) is 0 Å². The minimum atomic E-state index is -0.125. The Morgan fingerprint density at radius 3 is 2.33 bits per heavy atom. The van der Waals surface area contributed by atoms with E-state index in [2.05, 4.69) is 13.8 Å². The third-order valence-corrected chi connectivity index (χ3v) is 3.58. The van der Waals surface area contributed by atoms with E-state index in [-0.39, 0.29) is 17.6 Å². The fourth-order valence-electron chi connectivity index (χ4n) is 2.26. The molecule has 1 aliphatic carbocycles. The predicted octanol–water partition coefficient (Wildman–Crippen LogP) is 1.67. The summed E-state index contributed by atoms with van der Waals surface area (Å²) in [6, 6.07) is 0. The van der Waals surface area contributed by atoms with Gasteiger partial charge in [0, 0.05) is 12.1 Å². The van der Waals surface area contributed by atoms with Crippen molar-refractivity contribution >= 4 is 0 Å². The molecule has 1 aliphatic rings. The fourth-order valence-corrected chi connectivity index (χ4v) is 2.26. The molecule has 0 aromatic heterocycles. The highest BCUT2D eigenvalue weighted by atomic mass is 16.3. The summed E-state index contributed by atoms with van der Waals surface area (Å²) >= 11 is 0. The molecule has 72 valence electrons. The quantitative estimate of drug-likeness (QED) is 0.664. The fraction of sp³-hybridized carbons (Fsp3) is 1.00. The van der Waals surface area contributed by atoms with Gasteiger partial charge in [0.2, 0.25) is 0 Å². The monoisotopic (exact) mass is 171 g/mol. The molecule has 0 radical (unpaired) electrons. The number of nitrogens with two attached hydrogens (primary N) is 1. The van der Waals surface area contributed by atoms with Crippen LogP contribution in [0.15, 0.2) is 0 Å². The van der Waals surface area contributed by atoms with Gasteiger partial charge >= 0.3 is 0 Å². The molecule has 3 N–H and O–H groups in total. The van der Waals surface area contributed by atoms with Gasteiger partial charge in [-0.05, 0) is 24.7 Å². The van der Waals surface area contributed by atoms with Crippen LogP contribution in [-0.2, 0) is 0 Å². The first kappa shape index (κ1) is 10.0. The van der Waals surface area contributed by atoms with Gasteiger partial charge in [-0.25, -0.2) is 0 Å². The largest absolute Gasteiger partial charge is 0.396 e. The van der Waals surface area contributed by atoms with Crippen LogP contribution in [0, 0.1) is 5.41 Å². The summed E-state index contributed by atoms with van der Waals surface area (Å²) in [6.07, 6.45) is 5.53. The zero-order valence-electron chi connectivity index (χ0n) is 8.27. The van der Waals surface area contributed by atoms with Gasteiger partial charge in [0.25, 0.3) is 0 Å². The summed E-state index contributed by atoms with van der Waals surface area (Å²) in [7, 11) is 0. The molecule has 0 aliphatic heterocycles. The van der Waals surface area contributed by atoms with E-state index in [1.54, 1.807) is 0 Å². The molecule has 12 heavy (non-hydrogen) atoms. The molecule has 1 rings (SSSR count). The maximum absolute atomic E-state index is 8.94. The molecular formula is C10H21NO. The van der Waals surface area contributed by atoms with Crippen LogP contribution < -0.4 is 5.73 Å². The summed E-state index contributed by atoms with van der Waals surface area (Å²) < 4.78 is 0. The van der Waals surface area contributed by atoms with Crippen LogP contribution >= 0.6 is 0 Å². The van der Waals surface area contributed by atoms with Crippen molar-refractivity contribution in [2.45, 2.75) is 51.5 Å². The lowest BCUT2D eigenvalue weighted by Crippen LogP contribution is -2.55. The Morgan fingerprint density at radius 2 is 1.83 bits per heavy atom. The van der Waals surface area contributed by atoms with Gasteiger partial charge in [-0.2, -0.15) is 0 Å². The number of hydrogen-bond acceptors (Lipinski definition) is 2. The number of aliphatic hydroxyl groups excluding tert-OH is 1. The number of hydrogen-bond donors (Lipinski definition) is 2. The molecule has 0 amide bonds. The topological polar surface area (TPSA) is 46.2 Å². The Kier molecular flexibility index (Phi) is 2.79. The second-order valence-corrected chi connectivity index (χ2v) is 4.72. The van der Waals surface area contributed by atoms with Crippen LogP contribution in [0.5, 0.6) is 0 Å². The summed E-state index contributed by atoms with van der Waals surface area (Å²) in [5.74, 6) is 0. The van der Waals surface area contributed by atoms with Crippen molar-refractivity contribution in [2.24, 2.45) is 11.1 Å². The molecule has 0 saturated heterocycles. The lowest BCUT2D eigenvalue weighted by molar-refractivity contribution is 0.0719. The van der Waals surface area contributed by atoms with Gasteiger partial charge in [-0.15, -0.1) is 0 Å². The lowest BCUT2D eigenvalue weighted by Gasteiger charge is -2.47. The standard InChI is InChI=1S/C10H21NO/c1-9(2)5-3-4-6-10(9,11)7-8-12/h12H,3-8,11H2,1-2H3. The van der Waals surface area contributed by atoms with Crippen molar-refractivity contribution < 1.29 is 5.11 Å². The first-order chi connectivity index (χ1) is 5.52. The molecule has 1 unspecified atom stereocenters. The molecule has 1 fully saturated rings. The minimum absolute atomic E-state index is 0.125. The van der Waals surface area contributed by atoms with Gasteiger partial charge in [-0.1, -0.05) is 26.7 Å². The molecule has 2 heteroatoms. The van der Waals surface area contributed by atoms with Crippen LogP contribution in [-0.4, -0.2) is 17.3 Å². The third kappa shape index (κ3) is 1.64. The molecule has 0 aromatic carbocycles. The SMILES string of the molecule is CC1(C)CCCCC1(N)CCO. The van der Waals surface area contributed by atoms with Crippen molar-refractivity contribution in [2.75, 3.05) is 6.61 Å². The van der Waals surface area contributed by atoms with E-state index in [1.165, 1.54) is 19.3 Å². The maximum Gasteiger partial charge on any atom is 0.0448 e. The van der Waals surface area contributed by atoms with E-state index in [0.717, 1.165) is 12.8 Å². The zero-order valence-corrected chi connectivity index (χ0v) is 8.27. The third-order valence-electron chi connectivity index (χ3n) is 3.58. The van der Waals surface area contributed by atoms with Gasteiger partial charge in [-0.3, -0.25) is 0 Å². The smallest absolute Gasteiger partial charge is 0.0448 e. The van der Waals surface area contributed by atoms with Gasteiger partial charge in [0.1, 0.15) is 0 Å². The highest BCUT2D eigenvalue weighted by Crippen LogP contribution is 2.43. The van der Waals surface area contributed by atoms with E-state index < -0.39 is 0 Å². The first-order valence-electron chi connectivity index (χ1n) is 4.92. The Bertz CT molecular complexity index is 152. The summed E-state index contributed by atoms with van der Waals surface area (Å²) in [5, 5.41) is 8.94. The second-order valence-electron chi connectivity index (χ2n) is 4.72. The molecule has 0 bridgehead atoms. The van der Waals surface area contributed by atoms with E-state index >= 15 is 0 Å². The van der Waals surface area contributed by atoms with Crippen molar-refractivity contribution in [3.05, 3.63) is 0 Å². The minimum Gasteiger partial charge on any atom is -0.396 e.